The second kappa shape index (κ2) is 6.40. The Morgan fingerprint density at radius 1 is 0.957 bits per heavy atom. The first kappa shape index (κ1) is 14.2. The molecule has 0 atom stereocenters. The van der Waals surface area contributed by atoms with Gasteiger partial charge in [-0.1, -0.05) is 18.2 Å². The fourth-order valence-electron chi connectivity index (χ4n) is 2.19. The summed E-state index contributed by atoms with van der Waals surface area (Å²) in [5.41, 5.74) is 2.03. The quantitative estimate of drug-likeness (QED) is 0.454. The molecule has 4 rings (SSSR count). The number of hydrogen-bond acceptors (Lipinski definition) is 5. The van der Waals surface area contributed by atoms with Crippen molar-refractivity contribution in [1.82, 2.24) is 9.97 Å². The monoisotopic (exact) mass is 336 g/mol. The number of furan rings is 1. The van der Waals surface area contributed by atoms with Gasteiger partial charge in [-0.3, -0.25) is 0 Å². The molecule has 112 valence electrons. The van der Waals surface area contributed by atoms with Crippen LogP contribution < -0.4 is 0 Å². The highest BCUT2D eigenvalue weighted by atomic mass is 32.2. The van der Waals surface area contributed by atoms with Crippen LogP contribution in [0.15, 0.2) is 86.9 Å². The summed E-state index contributed by atoms with van der Waals surface area (Å²) in [6.45, 7) is 0. The Morgan fingerprint density at radius 2 is 1.87 bits per heavy atom. The third-order valence-corrected chi connectivity index (χ3v) is 5.06. The summed E-state index contributed by atoms with van der Waals surface area (Å²) in [5.74, 6) is 0.873. The van der Waals surface area contributed by atoms with E-state index in [2.05, 4.69) is 33.5 Å². The third kappa shape index (κ3) is 3.21. The lowest BCUT2D eigenvalue weighted by Crippen LogP contribution is -1.88. The first-order valence-electron chi connectivity index (χ1n) is 7.07. The standard InChI is InChI=1S/C18H12N2OS2/c1-3-16(21-11-1)13-5-7-14(8-6-13)23-18-19-10-9-15(20-18)17-4-2-12-22-17/h1-12H. The summed E-state index contributed by atoms with van der Waals surface area (Å²) in [6.07, 6.45) is 3.49. The number of rotatable bonds is 4. The topological polar surface area (TPSA) is 38.9 Å². The van der Waals surface area contributed by atoms with Gasteiger partial charge in [0.25, 0.3) is 0 Å². The second-order valence-electron chi connectivity index (χ2n) is 4.81. The summed E-state index contributed by atoms with van der Waals surface area (Å²) in [5, 5.41) is 2.80. The van der Waals surface area contributed by atoms with Crippen LogP contribution in [-0.4, -0.2) is 9.97 Å². The van der Waals surface area contributed by atoms with Crippen LogP contribution in [-0.2, 0) is 0 Å². The summed E-state index contributed by atoms with van der Waals surface area (Å²) >= 11 is 3.24. The second-order valence-corrected chi connectivity index (χ2v) is 6.79. The van der Waals surface area contributed by atoms with Crippen LogP contribution in [0.2, 0.25) is 0 Å². The fraction of sp³-hybridized carbons (Fsp3) is 0. The Morgan fingerprint density at radius 3 is 2.61 bits per heavy atom. The van der Waals surface area contributed by atoms with Crippen molar-refractivity contribution in [2.75, 3.05) is 0 Å². The highest BCUT2D eigenvalue weighted by Crippen LogP contribution is 2.30. The van der Waals surface area contributed by atoms with E-state index in [0.717, 1.165) is 31.9 Å². The van der Waals surface area contributed by atoms with Gasteiger partial charge in [-0.2, -0.15) is 0 Å². The third-order valence-electron chi connectivity index (χ3n) is 3.28. The predicted octanol–water partition coefficient (Wildman–Crippen LogP) is 5.62. The van der Waals surface area contributed by atoms with E-state index in [4.69, 9.17) is 4.42 Å². The van der Waals surface area contributed by atoms with Gasteiger partial charge in [-0.15, -0.1) is 11.3 Å². The zero-order valence-corrected chi connectivity index (χ0v) is 13.7. The zero-order chi connectivity index (χ0) is 15.5. The van der Waals surface area contributed by atoms with Gasteiger partial charge in [0, 0.05) is 16.7 Å². The first-order valence-corrected chi connectivity index (χ1v) is 8.77. The number of benzene rings is 1. The molecule has 0 amide bonds. The van der Waals surface area contributed by atoms with Crippen LogP contribution in [0.5, 0.6) is 0 Å². The van der Waals surface area contributed by atoms with Gasteiger partial charge in [0.05, 0.1) is 16.8 Å². The minimum absolute atomic E-state index is 0.752. The molecule has 0 radical (unpaired) electrons. The molecule has 0 bridgehead atoms. The van der Waals surface area contributed by atoms with E-state index >= 15 is 0 Å². The fourth-order valence-corrected chi connectivity index (χ4v) is 3.62. The van der Waals surface area contributed by atoms with Gasteiger partial charge in [0.15, 0.2) is 5.16 Å². The molecule has 0 N–H and O–H groups in total. The SMILES string of the molecule is c1coc(-c2ccc(Sc3nccc(-c4cccs4)n3)cc2)c1. The van der Waals surface area contributed by atoms with Crippen LogP contribution in [0, 0.1) is 0 Å². The van der Waals surface area contributed by atoms with E-state index < -0.39 is 0 Å². The summed E-state index contributed by atoms with van der Waals surface area (Å²) < 4.78 is 5.40. The molecule has 0 saturated heterocycles. The average molecular weight is 336 g/mol. The van der Waals surface area contributed by atoms with Crippen molar-refractivity contribution in [3.8, 4) is 21.9 Å². The van der Waals surface area contributed by atoms with E-state index in [1.807, 2.05) is 42.6 Å². The van der Waals surface area contributed by atoms with Gasteiger partial charge in [-0.25, -0.2) is 9.97 Å². The van der Waals surface area contributed by atoms with Gasteiger partial charge in [0.1, 0.15) is 5.76 Å². The Balaban J connectivity index is 1.55. The molecule has 0 aliphatic rings. The Labute approximate surface area is 142 Å². The van der Waals surface area contributed by atoms with Crippen LogP contribution in [0.1, 0.15) is 0 Å². The molecule has 0 spiro atoms. The number of aromatic nitrogens is 2. The molecular formula is C18H12N2OS2. The van der Waals surface area contributed by atoms with Crippen molar-refractivity contribution < 1.29 is 4.42 Å². The maximum atomic E-state index is 5.40. The largest absolute Gasteiger partial charge is 0.464 e. The lowest BCUT2D eigenvalue weighted by atomic mass is 10.2. The molecule has 3 nitrogen and oxygen atoms in total. The Bertz CT molecular complexity index is 885. The summed E-state index contributed by atoms with van der Waals surface area (Å²) in [6, 6.07) is 18.1. The zero-order valence-electron chi connectivity index (χ0n) is 12.0. The van der Waals surface area contributed by atoms with Crippen molar-refractivity contribution in [3.63, 3.8) is 0 Å². The van der Waals surface area contributed by atoms with Gasteiger partial charge in [0.2, 0.25) is 0 Å². The van der Waals surface area contributed by atoms with Crippen molar-refractivity contribution in [1.29, 1.82) is 0 Å². The minimum Gasteiger partial charge on any atom is -0.464 e. The molecule has 0 saturated carbocycles. The molecule has 0 unspecified atom stereocenters. The Hall–Kier alpha value is -2.37. The molecular weight excluding hydrogens is 324 g/mol. The van der Waals surface area contributed by atoms with E-state index in [1.54, 1.807) is 29.4 Å². The maximum absolute atomic E-state index is 5.40. The van der Waals surface area contributed by atoms with Crippen molar-refractivity contribution in [2.45, 2.75) is 10.1 Å². The number of thiophene rings is 1. The first-order chi connectivity index (χ1) is 11.4. The van der Waals surface area contributed by atoms with Crippen LogP contribution >= 0.6 is 23.1 Å². The highest BCUT2D eigenvalue weighted by molar-refractivity contribution is 7.99. The van der Waals surface area contributed by atoms with E-state index in [0.29, 0.717) is 0 Å². The molecule has 5 heteroatoms. The summed E-state index contributed by atoms with van der Waals surface area (Å²) in [4.78, 5) is 11.2. The maximum Gasteiger partial charge on any atom is 0.192 e. The smallest absolute Gasteiger partial charge is 0.192 e. The molecule has 3 aromatic heterocycles. The molecule has 4 aromatic rings. The van der Waals surface area contributed by atoms with Crippen LogP contribution in [0.4, 0.5) is 0 Å². The Kier molecular flexibility index (Phi) is 3.96. The highest BCUT2D eigenvalue weighted by Gasteiger charge is 2.06. The average Bonchev–Trinajstić information content (AvgIpc) is 3.30. The minimum atomic E-state index is 0.752. The van der Waals surface area contributed by atoms with Gasteiger partial charge < -0.3 is 4.42 Å². The normalized spacial score (nSPS) is 10.8. The lowest BCUT2D eigenvalue weighted by molar-refractivity contribution is 0.582. The number of nitrogens with zero attached hydrogens (tertiary/aromatic N) is 2. The van der Waals surface area contributed by atoms with E-state index in [-0.39, 0.29) is 0 Å². The predicted molar refractivity (Wildman–Crippen MR) is 93.6 cm³/mol. The molecule has 0 fully saturated rings. The van der Waals surface area contributed by atoms with Crippen LogP contribution in [0.3, 0.4) is 0 Å². The van der Waals surface area contributed by atoms with Crippen molar-refractivity contribution in [2.24, 2.45) is 0 Å². The van der Waals surface area contributed by atoms with Gasteiger partial charge >= 0.3 is 0 Å². The summed E-state index contributed by atoms with van der Waals surface area (Å²) in [7, 11) is 0. The van der Waals surface area contributed by atoms with E-state index in [1.165, 1.54) is 0 Å². The lowest BCUT2D eigenvalue weighted by Gasteiger charge is -2.03. The van der Waals surface area contributed by atoms with Crippen LogP contribution in [0.25, 0.3) is 21.9 Å². The van der Waals surface area contributed by atoms with E-state index in [9.17, 15) is 0 Å². The molecule has 3 heterocycles. The van der Waals surface area contributed by atoms with Crippen molar-refractivity contribution >= 4 is 23.1 Å². The number of hydrogen-bond donors (Lipinski definition) is 0. The van der Waals surface area contributed by atoms with Crippen molar-refractivity contribution in [3.05, 3.63) is 72.4 Å². The molecule has 23 heavy (non-hydrogen) atoms. The molecule has 0 aliphatic heterocycles. The molecule has 1 aromatic carbocycles. The molecule has 0 aliphatic carbocycles. The van der Waals surface area contributed by atoms with Gasteiger partial charge in [-0.05, 0) is 53.5 Å².